The van der Waals surface area contributed by atoms with E-state index in [-0.39, 0.29) is 30.0 Å². The maximum atomic E-state index is 12.1. The summed E-state index contributed by atoms with van der Waals surface area (Å²) in [7, 11) is 0. The van der Waals surface area contributed by atoms with Crippen LogP contribution in [-0.4, -0.2) is 17.4 Å². The van der Waals surface area contributed by atoms with Gasteiger partial charge >= 0.3 is 0 Å². The molecule has 0 aromatic heterocycles. The molecule has 0 heterocycles. The zero-order valence-electron chi connectivity index (χ0n) is 11.2. The Bertz CT molecular complexity index is 504. The minimum absolute atomic E-state index is 0.0367. The van der Waals surface area contributed by atoms with E-state index in [2.05, 4.69) is 5.32 Å². The Hall–Kier alpha value is -1.95. The van der Waals surface area contributed by atoms with Crippen molar-refractivity contribution >= 4 is 11.6 Å². The topological polar surface area (TPSA) is 98.3 Å². The fourth-order valence-corrected chi connectivity index (χ4v) is 2.82. The Morgan fingerprint density at radius 2 is 2.15 bits per heavy atom. The number of hydrogen-bond acceptors (Lipinski definition) is 4. The van der Waals surface area contributed by atoms with Crippen LogP contribution in [0, 0.1) is 22.0 Å². The Morgan fingerprint density at radius 3 is 2.85 bits per heavy atom. The van der Waals surface area contributed by atoms with Crippen molar-refractivity contribution in [3.8, 4) is 0 Å². The molecule has 1 aliphatic carbocycles. The molecule has 0 saturated heterocycles. The number of nitrogens with one attached hydrogen (secondary N) is 1. The van der Waals surface area contributed by atoms with E-state index in [9.17, 15) is 14.9 Å². The third-order valence-electron chi connectivity index (χ3n) is 3.94. The van der Waals surface area contributed by atoms with Crippen molar-refractivity contribution in [2.75, 3.05) is 6.54 Å². The van der Waals surface area contributed by atoms with Gasteiger partial charge in [-0.3, -0.25) is 14.9 Å². The molecule has 6 nitrogen and oxygen atoms in total. The monoisotopic (exact) mass is 277 g/mol. The van der Waals surface area contributed by atoms with Gasteiger partial charge < -0.3 is 11.1 Å². The normalized spacial score (nSPS) is 21.6. The minimum Gasteiger partial charge on any atom is -0.352 e. The quantitative estimate of drug-likeness (QED) is 0.630. The van der Waals surface area contributed by atoms with Crippen LogP contribution in [0.25, 0.3) is 0 Å². The van der Waals surface area contributed by atoms with E-state index in [4.69, 9.17) is 5.73 Å². The first kappa shape index (κ1) is 14.5. The maximum absolute atomic E-state index is 12.1. The number of para-hydroxylation sites is 1. The van der Waals surface area contributed by atoms with Crippen molar-refractivity contribution in [3.63, 3.8) is 0 Å². The van der Waals surface area contributed by atoms with Gasteiger partial charge in [-0.2, -0.15) is 0 Å². The van der Waals surface area contributed by atoms with Gasteiger partial charge in [-0.15, -0.1) is 0 Å². The Morgan fingerprint density at radius 1 is 1.40 bits per heavy atom. The van der Waals surface area contributed by atoms with E-state index in [0.717, 1.165) is 19.3 Å². The third-order valence-corrected chi connectivity index (χ3v) is 3.94. The summed E-state index contributed by atoms with van der Waals surface area (Å²) in [6, 6.07) is 6.45. The van der Waals surface area contributed by atoms with Gasteiger partial charge in [0, 0.05) is 24.1 Å². The molecular formula is C14H19N3O3. The summed E-state index contributed by atoms with van der Waals surface area (Å²) in [5, 5.41) is 13.7. The van der Waals surface area contributed by atoms with Crippen LogP contribution >= 0.6 is 0 Å². The van der Waals surface area contributed by atoms with Crippen molar-refractivity contribution in [1.29, 1.82) is 0 Å². The molecule has 0 unspecified atom stereocenters. The number of carbonyl (C=O) groups is 1. The summed E-state index contributed by atoms with van der Waals surface area (Å²) in [4.78, 5) is 22.6. The first-order valence-electron chi connectivity index (χ1n) is 6.83. The van der Waals surface area contributed by atoms with Crippen LogP contribution in [0.3, 0.4) is 0 Å². The van der Waals surface area contributed by atoms with Gasteiger partial charge in [-0.05, 0) is 25.3 Å². The van der Waals surface area contributed by atoms with Gasteiger partial charge in [0.15, 0.2) is 0 Å². The highest BCUT2D eigenvalue weighted by atomic mass is 16.6. The van der Waals surface area contributed by atoms with Crippen molar-refractivity contribution in [2.24, 2.45) is 17.6 Å². The minimum atomic E-state index is -0.431. The van der Waals surface area contributed by atoms with E-state index in [1.807, 2.05) is 0 Å². The molecule has 2 rings (SSSR count). The first-order chi connectivity index (χ1) is 9.63. The number of benzene rings is 1. The number of nitrogens with zero attached hydrogens (tertiary/aromatic N) is 1. The van der Waals surface area contributed by atoms with Crippen LogP contribution in [0.4, 0.5) is 5.69 Å². The number of nitro groups is 1. The molecular weight excluding hydrogens is 258 g/mol. The van der Waals surface area contributed by atoms with Crippen LogP contribution in [0.2, 0.25) is 0 Å². The summed E-state index contributed by atoms with van der Waals surface area (Å²) < 4.78 is 0. The van der Waals surface area contributed by atoms with Crippen LogP contribution in [0.1, 0.15) is 24.8 Å². The predicted octanol–water partition coefficient (Wildman–Crippen LogP) is 1.59. The van der Waals surface area contributed by atoms with Crippen LogP contribution in [0.15, 0.2) is 24.3 Å². The number of nitrogens with two attached hydrogens (primary N) is 1. The molecule has 6 heteroatoms. The zero-order chi connectivity index (χ0) is 14.5. The van der Waals surface area contributed by atoms with E-state index in [0.29, 0.717) is 12.1 Å². The van der Waals surface area contributed by atoms with Crippen molar-refractivity contribution in [1.82, 2.24) is 5.32 Å². The SMILES string of the molecule is NC[C@H]1CCC[C@H]1C(=O)NCc1ccccc1[N+](=O)[O-]. The first-order valence-corrected chi connectivity index (χ1v) is 6.83. The van der Waals surface area contributed by atoms with Gasteiger partial charge in [-0.25, -0.2) is 0 Å². The summed E-state index contributed by atoms with van der Waals surface area (Å²) >= 11 is 0. The maximum Gasteiger partial charge on any atom is 0.274 e. The number of hydrogen-bond donors (Lipinski definition) is 2. The number of amides is 1. The van der Waals surface area contributed by atoms with Gasteiger partial charge in [-0.1, -0.05) is 24.6 Å². The average Bonchev–Trinajstić information content (AvgIpc) is 2.93. The molecule has 0 bridgehead atoms. The summed E-state index contributed by atoms with van der Waals surface area (Å²) in [5.74, 6) is 0.139. The van der Waals surface area contributed by atoms with E-state index >= 15 is 0 Å². The lowest BCUT2D eigenvalue weighted by atomic mass is 9.95. The number of rotatable bonds is 5. The summed E-state index contributed by atoms with van der Waals surface area (Å²) in [5.41, 5.74) is 6.22. The standard InChI is InChI=1S/C14H19N3O3/c15-8-10-5-3-6-12(10)14(18)16-9-11-4-1-2-7-13(11)17(19)20/h1-2,4,7,10,12H,3,5-6,8-9,15H2,(H,16,18)/t10-,12-/m1/s1. The zero-order valence-corrected chi connectivity index (χ0v) is 11.2. The molecule has 0 spiro atoms. The molecule has 2 atom stereocenters. The second-order valence-electron chi connectivity index (χ2n) is 5.14. The van der Waals surface area contributed by atoms with Crippen LogP contribution in [0.5, 0.6) is 0 Å². The van der Waals surface area contributed by atoms with E-state index in [1.165, 1.54) is 6.07 Å². The number of carbonyl (C=O) groups excluding carboxylic acids is 1. The lowest BCUT2D eigenvalue weighted by Crippen LogP contribution is -2.34. The van der Waals surface area contributed by atoms with Gasteiger partial charge in [0.2, 0.25) is 5.91 Å². The highest BCUT2D eigenvalue weighted by molar-refractivity contribution is 5.79. The van der Waals surface area contributed by atoms with Crippen LogP contribution < -0.4 is 11.1 Å². The summed E-state index contributed by atoms with van der Waals surface area (Å²) in [6.45, 7) is 0.702. The fourth-order valence-electron chi connectivity index (χ4n) is 2.82. The second kappa shape index (κ2) is 6.47. The molecule has 108 valence electrons. The van der Waals surface area contributed by atoms with Crippen molar-refractivity contribution in [3.05, 3.63) is 39.9 Å². The molecule has 1 aromatic rings. The largest absolute Gasteiger partial charge is 0.352 e. The molecule has 1 amide bonds. The molecule has 0 aliphatic heterocycles. The van der Waals surface area contributed by atoms with Crippen molar-refractivity contribution < 1.29 is 9.72 Å². The molecule has 1 aromatic carbocycles. The predicted molar refractivity (Wildman–Crippen MR) is 74.8 cm³/mol. The molecule has 1 saturated carbocycles. The van der Waals surface area contributed by atoms with Crippen LogP contribution in [-0.2, 0) is 11.3 Å². The Labute approximate surface area is 117 Å². The second-order valence-corrected chi connectivity index (χ2v) is 5.14. The highest BCUT2D eigenvalue weighted by Crippen LogP contribution is 2.31. The lowest BCUT2D eigenvalue weighted by Gasteiger charge is -2.17. The van der Waals surface area contributed by atoms with E-state index < -0.39 is 4.92 Å². The fraction of sp³-hybridized carbons (Fsp3) is 0.500. The molecule has 1 fully saturated rings. The van der Waals surface area contributed by atoms with Gasteiger partial charge in [0.25, 0.3) is 5.69 Å². The van der Waals surface area contributed by atoms with Gasteiger partial charge in [0.1, 0.15) is 0 Å². The number of nitro benzene ring substituents is 1. The van der Waals surface area contributed by atoms with Gasteiger partial charge in [0.05, 0.1) is 4.92 Å². The molecule has 3 N–H and O–H groups in total. The van der Waals surface area contributed by atoms with Crippen molar-refractivity contribution in [2.45, 2.75) is 25.8 Å². The van der Waals surface area contributed by atoms with E-state index in [1.54, 1.807) is 18.2 Å². The summed E-state index contributed by atoms with van der Waals surface area (Å²) in [6.07, 6.45) is 2.86. The smallest absolute Gasteiger partial charge is 0.274 e. The Kier molecular flexibility index (Phi) is 4.68. The molecule has 1 aliphatic rings. The third kappa shape index (κ3) is 3.14. The Balaban J connectivity index is 1.98. The molecule has 0 radical (unpaired) electrons. The average molecular weight is 277 g/mol. The highest BCUT2D eigenvalue weighted by Gasteiger charge is 2.31. The molecule has 20 heavy (non-hydrogen) atoms. The lowest BCUT2D eigenvalue weighted by molar-refractivity contribution is -0.385.